The van der Waals surface area contributed by atoms with Gasteiger partial charge in [-0.15, -0.1) is 0 Å². The number of aromatic amines is 1. The zero-order valence-electron chi connectivity index (χ0n) is 10.5. The lowest BCUT2D eigenvalue weighted by molar-refractivity contribution is -0.138. The summed E-state index contributed by atoms with van der Waals surface area (Å²) in [5.74, 6) is -2.80. The first-order valence-corrected chi connectivity index (χ1v) is 5.52. The molecule has 9 heteroatoms. The van der Waals surface area contributed by atoms with E-state index in [1.807, 2.05) is 0 Å². The number of hydrogen-bond acceptors (Lipinski definition) is 4. The van der Waals surface area contributed by atoms with Gasteiger partial charge in [-0.25, -0.2) is 4.79 Å². The number of benzene rings is 1. The van der Waals surface area contributed by atoms with Crippen LogP contribution in [0, 0.1) is 0 Å². The molecule has 3 N–H and O–H groups in total. The Morgan fingerprint density at radius 2 is 2.05 bits per heavy atom. The van der Waals surface area contributed by atoms with Crippen LogP contribution in [0.15, 0.2) is 18.2 Å². The molecule has 0 aliphatic carbocycles. The Labute approximate surface area is 115 Å². The van der Waals surface area contributed by atoms with E-state index in [-0.39, 0.29) is 17.0 Å². The summed E-state index contributed by atoms with van der Waals surface area (Å²) >= 11 is 0. The van der Waals surface area contributed by atoms with E-state index in [9.17, 15) is 23.1 Å². The number of aromatic carboxylic acids is 1. The number of carbonyl (C=O) groups is 1. The van der Waals surface area contributed by atoms with Gasteiger partial charge in [-0.05, 0) is 18.2 Å². The highest BCUT2D eigenvalue weighted by Crippen LogP contribution is 2.45. The fourth-order valence-corrected chi connectivity index (χ4v) is 1.78. The second kappa shape index (κ2) is 5.00. The average molecular weight is 302 g/mol. The minimum atomic E-state index is -4.70. The molecule has 2 rings (SSSR count). The van der Waals surface area contributed by atoms with Gasteiger partial charge in [-0.2, -0.15) is 18.3 Å². The highest BCUT2D eigenvalue weighted by molar-refractivity contribution is 5.87. The van der Waals surface area contributed by atoms with Crippen LogP contribution in [0.4, 0.5) is 13.2 Å². The van der Waals surface area contributed by atoms with E-state index in [0.717, 1.165) is 25.3 Å². The van der Waals surface area contributed by atoms with Crippen molar-refractivity contribution in [3.05, 3.63) is 29.5 Å². The van der Waals surface area contributed by atoms with Crippen molar-refractivity contribution >= 4 is 5.97 Å². The van der Waals surface area contributed by atoms with Gasteiger partial charge in [-0.1, -0.05) is 0 Å². The molecule has 0 radical (unpaired) electrons. The number of nitrogens with one attached hydrogen (secondary N) is 1. The molecule has 2 aromatic rings. The Hall–Kier alpha value is -2.71. The zero-order chi connectivity index (χ0) is 15.8. The monoisotopic (exact) mass is 302 g/mol. The number of aromatic hydroxyl groups is 1. The van der Waals surface area contributed by atoms with Crippen molar-refractivity contribution in [3.8, 4) is 22.8 Å². The number of alkyl halides is 3. The van der Waals surface area contributed by atoms with Crippen molar-refractivity contribution in [3.63, 3.8) is 0 Å². The molecule has 0 unspecified atom stereocenters. The molecule has 21 heavy (non-hydrogen) atoms. The predicted molar refractivity (Wildman–Crippen MR) is 64.2 cm³/mol. The molecule has 0 spiro atoms. The van der Waals surface area contributed by atoms with Gasteiger partial charge in [0.1, 0.15) is 11.3 Å². The lowest BCUT2D eigenvalue weighted by atomic mass is 10.1. The van der Waals surface area contributed by atoms with Crippen LogP contribution in [-0.2, 0) is 6.18 Å². The van der Waals surface area contributed by atoms with Gasteiger partial charge in [-0.3, -0.25) is 5.10 Å². The van der Waals surface area contributed by atoms with E-state index >= 15 is 0 Å². The molecule has 0 aliphatic rings. The fraction of sp³-hybridized carbons (Fsp3) is 0.167. The number of nitrogens with zero attached hydrogens (tertiary/aromatic N) is 1. The van der Waals surface area contributed by atoms with Gasteiger partial charge in [0, 0.05) is 5.56 Å². The zero-order valence-corrected chi connectivity index (χ0v) is 10.5. The topological polar surface area (TPSA) is 95.4 Å². The van der Waals surface area contributed by atoms with E-state index in [1.165, 1.54) is 0 Å². The molecule has 6 nitrogen and oxygen atoms in total. The van der Waals surface area contributed by atoms with Crippen LogP contribution in [-0.4, -0.2) is 33.5 Å². The van der Waals surface area contributed by atoms with Crippen molar-refractivity contribution < 1.29 is 32.9 Å². The first-order valence-electron chi connectivity index (χ1n) is 5.52. The average Bonchev–Trinajstić information content (AvgIpc) is 2.86. The van der Waals surface area contributed by atoms with Gasteiger partial charge >= 0.3 is 12.1 Å². The van der Waals surface area contributed by atoms with Gasteiger partial charge in [0.15, 0.2) is 11.5 Å². The highest BCUT2D eigenvalue weighted by Gasteiger charge is 2.36. The van der Waals surface area contributed by atoms with Crippen molar-refractivity contribution in [2.24, 2.45) is 0 Å². The Balaban J connectivity index is 2.58. The van der Waals surface area contributed by atoms with Crippen LogP contribution in [0.3, 0.4) is 0 Å². The van der Waals surface area contributed by atoms with Crippen molar-refractivity contribution in [2.75, 3.05) is 7.11 Å². The smallest absolute Gasteiger partial charge is 0.420 e. The Bertz CT molecular complexity index is 694. The first kappa shape index (κ1) is 14.7. The molecule has 1 heterocycles. The number of ether oxygens (including phenoxy) is 1. The molecule has 0 aliphatic heterocycles. The first-order chi connectivity index (χ1) is 9.75. The van der Waals surface area contributed by atoms with E-state index in [1.54, 1.807) is 0 Å². The summed E-state index contributed by atoms with van der Waals surface area (Å²) in [6.45, 7) is 0. The number of phenols is 1. The van der Waals surface area contributed by atoms with Crippen LogP contribution in [0.25, 0.3) is 11.3 Å². The number of hydrogen-bond donors (Lipinski definition) is 3. The summed E-state index contributed by atoms with van der Waals surface area (Å²) in [6, 6.07) is 2.80. The third-order valence-corrected chi connectivity index (χ3v) is 2.73. The maximum atomic E-state index is 12.8. The minimum Gasteiger partial charge on any atom is -0.504 e. The quantitative estimate of drug-likeness (QED) is 0.809. The van der Waals surface area contributed by atoms with Crippen LogP contribution in [0.5, 0.6) is 11.5 Å². The summed E-state index contributed by atoms with van der Waals surface area (Å²) in [5, 5.41) is 24.5. The number of aromatic nitrogens is 2. The largest absolute Gasteiger partial charge is 0.504 e. The number of carboxylic acid groups (broad SMARTS) is 1. The molecule has 112 valence electrons. The second-order valence-corrected chi connectivity index (χ2v) is 4.01. The van der Waals surface area contributed by atoms with Crippen LogP contribution >= 0.6 is 0 Å². The number of H-pyrrole nitrogens is 1. The van der Waals surface area contributed by atoms with Crippen molar-refractivity contribution in [2.45, 2.75) is 6.18 Å². The third-order valence-electron chi connectivity index (χ3n) is 2.73. The van der Waals surface area contributed by atoms with E-state index in [0.29, 0.717) is 0 Å². The lowest BCUT2D eigenvalue weighted by Gasteiger charge is -2.14. The molecule has 0 atom stereocenters. The molecule has 0 saturated carbocycles. The van der Waals surface area contributed by atoms with E-state index in [2.05, 4.69) is 14.9 Å². The van der Waals surface area contributed by atoms with Crippen LogP contribution in [0.1, 0.15) is 16.1 Å². The molecular formula is C12H9F3N2O4. The summed E-state index contributed by atoms with van der Waals surface area (Å²) in [5.41, 5.74) is -1.50. The van der Waals surface area contributed by atoms with Gasteiger partial charge in [0.25, 0.3) is 0 Å². The number of phenolic OH excluding ortho intramolecular Hbond substituents is 1. The Morgan fingerprint density at radius 1 is 1.38 bits per heavy atom. The van der Waals surface area contributed by atoms with Gasteiger partial charge in [0.2, 0.25) is 0 Å². The van der Waals surface area contributed by atoms with Crippen LogP contribution in [0.2, 0.25) is 0 Å². The molecular weight excluding hydrogens is 293 g/mol. The minimum absolute atomic E-state index is 0.0167. The molecule has 1 aromatic carbocycles. The van der Waals surface area contributed by atoms with Gasteiger partial charge in [0.05, 0.1) is 12.8 Å². The Kier molecular flexibility index (Phi) is 3.50. The summed E-state index contributed by atoms with van der Waals surface area (Å²) in [7, 11) is 0.987. The maximum absolute atomic E-state index is 12.8. The molecule has 1 aromatic heterocycles. The van der Waals surface area contributed by atoms with Crippen LogP contribution < -0.4 is 4.74 Å². The molecule has 0 saturated heterocycles. The molecule has 0 amide bonds. The van der Waals surface area contributed by atoms with Gasteiger partial charge < -0.3 is 14.9 Å². The fourth-order valence-electron chi connectivity index (χ4n) is 1.78. The highest BCUT2D eigenvalue weighted by atomic mass is 19.4. The van der Waals surface area contributed by atoms with Crippen molar-refractivity contribution in [1.82, 2.24) is 10.2 Å². The predicted octanol–water partition coefficient (Wildman–Crippen LogP) is 2.51. The molecule has 0 fully saturated rings. The summed E-state index contributed by atoms with van der Waals surface area (Å²) < 4.78 is 42.9. The standard InChI is InChI=1S/C12H9F3N2O4/c1-21-10-6(12(13,14)15)3-2-5(9(10)18)7-4-8(11(19)20)17-16-7/h2-4,18H,1H3,(H,16,17)(H,19,20). The number of carboxylic acids is 1. The normalized spacial score (nSPS) is 11.4. The SMILES string of the molecule is COc1c(C(F)(F)F)ccc(-c2cc(C(=O)O)[nH]n2)c1O. The van der Waals surface area contributed by atoms with E-state index in [4.69, 9.17) is 5.11 Å². The number of halogens is 3. The summed E-state index contributed by atoms with van der Waals surface area (Å²) in [4.78, 5) is 10.7. The second-order valence-electron chi connectivity index (χ2n) is 4.01. The lowest BCUT2D eigenvalue weighted by Crippen LogP contribution is -2.07. The Morgan fingerprint density at radius 3 is 2.52 bits per heavy atom. The van der Waals surface area contributed by atoms with Crippen molar-refractivity contribution in [1.29, 1.82) is 0 Å². The van der Waals surface area contributed by atoms with E-state index < -0.39 is 29.2 Å². The summed E-state index contributed by atoms with van der Waals surface area (Å²) in [6.07, 6.45) is -4.70. The number of rotatable bonds is 3. The number of methoxy groups -OCH3 is 1. The molecule has 0 bridgehead atoms. The maximum Gasteiger partial charge on any atom is 0.420 e. The third kappa shape index (κ3) is 2.62.